The van der Waals surface area contributed by atoms with Crippen molar-refractivity contribution in [3.63, 3.8) is 0 Å². The molecule has 1 rings (SSSR count). The lowest BCUT2D eigenvalue weighted by atomic mass is 10.2. The molecule has 0 aromatic heterocycles. The first kappa shape index (κ1) is 16.7. The molecule has 0 aliphatic rings. The predicted octanol–water partition coefficient (Wildman–Crippen LogP) is 2.43. The van der Waals surface area contributed by atoms with Crippen LogP contribution in [0.2, 0.25) is 0 Å². The normalized spacial score (nSPS) is 10.1. The smallest absolute Gasteiger partial charge is 0.303 e. The van der Waals surface area contributed by atoms with E-state index < -0.39 is 5.97 Å². The molecular weight excluding hydrogens is 373 g/mol. The molecule has 0 fully saturated rings. The largest absolute Gasteiger partial charge is 0.484 e. The van der Waals surface area contributed by atoms with Crippen molar-refractivity contribution in [2.45, 2.75) is 25.7 Å². The van der Waals surface area contributed by atoms with Gasteiger partial charge < -0.3 is 15.2 Å². The van der Waals surface area contributed by atoms with Crippen LogP contribution >= 0.6 is 22.6 Å². The van der Waals surface area contributed by atoms with E-state index in [9.17, 15) is 9.59 Å². The van der Waals surface area contributed by atoms with E-state index in [0.29, 0.717) is 18.7 Å². The maximum absolute atomic E-state index is 11.5. The van der Waals surface area contributed by atoms with Crippen molar-refractivity contribution >= 4 is 34.5 Å². The average molecular weight is 391 g/mol. The first-order valence-corrected chi connectivity index (χ1v) is 7.52. The third-order valence-electron chi connectivity index (χ3n) is 2.57. The van der Waals surface area contributed by atoms with Crippen molar-refractivity contribution in [2.24, 2.45) is 0 Å². The van der Waals surface area contributed by atoms with E-state index in [1.54, 1.807) is 0 Å². The molecule has 0 saturated heterocycles. The SMILES string of the molecule is O=C(O)CCCCCNC(=O)COc1ccc(I)cc1. The topological polar surface area (TPSA) is 75.6 Å². The average Bonchev–Trinajstić information content (AvgIpc) is 2.41. The second-order valence-corrected chi connectivity index (χ2v) is 5.54. The maximum atomic E-state index is 11.5. The van der Waals surface area contributed by atoms with Crippen molar-refractivity contribution in [1.29, 1.82) is 0 Å². The monoisotopic (exact) mass is 391 g/mol. The summed E-state index contributed by atoms with van der Waals surface area (Å²) in [5.41, 5.74) is 0. The molecule has 0 spiro atoms. The molecule has 6 heteroatoms. The zero-order chi connectivity index (χ0) is 14.8. The van der Waals surface area contributed by atoms with Gasteiger partial charge in [-0.3, -0.25) is 9.59 Å². The summed E-state index contributed by atoms with van der Waals surface area (Å²) in [5.74, 6) is -0.274. The first-order chi connectivity index (χ1) is 9.58. The van der Waals surface area contributed by atoms with Gasteiger partial charge in [0, 0.05) is 16.5 Å². The lowest BCUT2D eigenvalue weighted by molar-refractivity contribution is -0.137. The van der Waals surface area contributed by atoms with Gasteiger partial charge in [0.1, 0.15) is 5.75 Å². The van der Waals surface area contributed by atoms with Gasteiger partial charge in [-0.1, -0.05) is 6.42 Å². The number of hydrogen-bond donors (Lipinski definition) is 2. The highest BCUT2D eigenvalue weighted by molar-refractivity contribution is 14.1. The lowest BCUT2D eigenvalue weighted by Crippen LogP contribution is -2.29. The number of rotatable bonds is 9. The Morgan fingerprint density at radius 3 is 2.50 bits per heavy atom. The minimum atomic E-state index is -0.778. The summed E-state index contributed by atoms with van der Waals surface area (Å²) in [6.45, 7) is 0.546. The molecule has 0 heterocycles. The molecule has 1 amide bonds. The zero-order valence-corrected chi connectivity index (χ0v) is 13.3. The number of unbranched alkanes of at least 4 members (excludes halogenated alkanes) is 2. The van der Waals surface area contributed by atoms with Crippen LogP contribution in [0.4, 0.5) is 0 Å². The standard InChI is InChI=1S/C14H18INO4/c15-11-5-7-12(8-6-11)20-10-13(17)16-9-3-1-2-4-14(18)19/h5-8H,1-4,9-10H2,(H,16,17)(H,18,19). The highest BCUT2D eigenvalue weighted by Gasteiger charge is 2.02. The lowest BCUT2D eigenvalue weighted by Gasteiger charge is -2.07. The van der Waals surface area contributed by atoms with Crippen LogP contribution in [0.1, 0.15) is 25.7 Å². The van der Waals surface area contributed by atoms with E-state index in [2.05, 4.69) is 27.9 Å². The summed E-state index contributed by atoms with van der Waals surface area (Å²) in [6, 6.07) is 7.47. The van der Waals surface area contributed by atoms with E-state index in [1.807, 2.05) is 24.3 Å². The Kier molecular flexibility index (Phi) is 8.01. The van der Waals surface area contributed by atoms with Crippen LogP contribution in [0, 0.1) is 3.57 Å². The third-order valence-corrected chi connectivity index (χ3v) is 3.29. The summed E-state index contributed by atoms with van der Waals surface area (Å²) >= 11 is 2.20. The number of halogens is 1. The molecule has 110 valence electrons. The van der Waals surface area contributed by atoms with Crippen LogP contribution in [-0.4, -0.2) is 30.1 Å². The fourth-order valence-electron chi connectivity index (χ4n) is 1.54. The van der Waals surface area contributed by atoms with E-state index in [0.717, 1.165) is 16.4 Å². The van der Waals surface area contributed by atoms with Crippen LogP contribution < -0.4 is 10.1 Å². The van der Waals surface area contributed by atoms with Crippen molar-refractivity contribution in [2.75, 3.05) is 13.2 Å². The molecule has 0 atom stereocenters. The van der Waals surface area contributed by atoms with Gasteiger partial charge in [-0.25, -0.2) is 0 Å². The molecule has 5 nitrogen and oxygen atoms in total. The van der Waals surface area contributed by atoms with E-state index in [-0.39, 0.29) is 18.9 Å². The Morgan fingerprint density at radius 1 is 1.15 bits per heavy atom. The third kappa shape index (κ3) is 7.98. The summed E-state index contributed by atoms with van der Waals surface area (Å²) in [6.07, 6.45) is 2.40. The number of hydrogen-bond acceptors (Lipinski definition) is 3. The van der Waals surface area contributed by atoms with E-state index >= 15 is 0 Å². The number of nitrogens with one attached hydrogen (secondary N) is 1. The van der Waals surface area contributed by atoms with Crippen LogP contribution in [0.3, 0.4) is 0 Å². The van der Waals surface area contributed by atoms with Gasteiger partial charge >= 0.3 is 5.97 Å². The van der Waals surface area contributed by atoms with Crippen LogP contribution in [0.5, 0.6) is 5.75 Å². The van der Waals surface area contributed by atoms with Crippen molar-refractivity contribution in [3.05, 3.63) is 27.8 Å². The maximum Gasteiger partial charge on any atom is 0.303 e. The van der Waals surface area contributed by atoms with Gasteiger partial charge in [0.2, 0.25) is 0 Å². The van der Waals surface area contributed by atoms with Gasteiger partial charge in [0.15, 0.2) is 6.61 Å². The summed E-state index contributed by atoms with van der Waals surface area (Å²) in [5, 5.41) is 11.2. The number of carboxylic acids is 1. The Labute approximate surface area is 131 Å². The summed E-state index contributed by atoms with van der Waals surface area (Å²) in [7, 11) is 0. The van der Waals surface area contributed by atoms with Gasteiger partial charge in [-0.2, -0.15) is 0 Å². The fourth-order valence-corrected chi connectivity index (χ4v) is 1.90. The number of carbonyl (C=O) groups is 2. The number of aliphatic carboxylic acids is 1. The molecule has 0 unspecified atom stereocenters. The second-order valence-electron chi connectivity index (χ2n) is 4.30. The molecular formula is C14H18INO4. The van der Waals surface area contributed by atoms with Crippen LogP contribution in [-0.2, 0) is 9.59 Å². The van der Waals surface area contributed by atoms with Gasteiger partial charge in [-0.05, 0) is 59.7 Å². The number of carbonyl (C=O) groups excluding carboxylic acids is 1. The zero-order valence-electron chi connectivity index (χ0n) is 11.1. The highest BCUT2D eigenvalue weighted by atomic mass is 127. The van der Waals surface area contributed by atoms with Crippen molar-refractivity contribution in [1.82, 2.24) is 5.32 Å². The molecule has 2 N–H and O–H groups in total. The Bertz CT molecular complexity index is 433. The number of amides is 1. The fraction of sp³-hybridized carbons (Fsp3) is 0.429. The summed E-state index contributed by atoms with van der Waals surface area (Å²) in [4.78, 5) is 21.8. The quantitative estimate of drug-likeness (QED) is 0.501. The van der Waals surface area contributed by atoms with Gasteiger partial charge in [0.25, 0.3) is 5.91 Å². The van der Waals surface area contributed by atoms with Gasteiger partial charge in [-0.15, -0.1) is 0 Å². The molecule has 0 bridgehead atoms. The Balaban J connectivity index is 2.06. The molecule has 0 saturated carbocycles. The molecule has 0 aliphatic heterocycles. The minimum Gasteiger partial charge on any atom is -0.484 e. The molecule has 1 aromatic rings. The van der Waals surface area contributed by atoms with E-state index in [1.165, 1.54) is 0 Å². The Morgan fingerprint density at radius 2 is 1.85 bits per heavy atom. The number of carboxylic acid groups (broad SMARTS) is 1. The molecule has 1 aromatic carbocycles. The molecule has 20 heavy (non-hydrogen) atoms. The predicted molar refractivity (Wildman–Crippen MR) is 83.8 cm³/mol. The molecule has 0 aliphatic carbocycles. The molecule has 0 radical (unpaired) electrons. The van der Waals surface area contributed by atoms with Crippen molar-refractivity contribution in [3.8, 4) is 5.75 Å². The first-order valence-electron chi connectivity index (χ1n) is 6.45. The highest BCUT2D eigenvalue weighted by Crippen LogP contribution is 2.13. The number of ether oxygens (including phenoxy) is 1. The summed E-state index contributed by atoms with van der Waals surface area (Å²) < 4.78 is 6.45. The van der Waals surface area contributed by atoms with Crippen LogP contribution in [0.25, 0.3) is 0 Å². The number of benzene rings is 1. The Hall–Kier alpha value is -1.31. The van der Waals surface area contributed by atoms with Crippen molar-refractivity contribution < 1.29 is 19.4 Å². The van der Waals surface area contributed by atoms with E-state index in [4.69, 9.17) is 9.84 Å². The van der Waals surface area contributed by atoms with Crippen LogP contribution in [0.15, 0.2) is 24.3 Å². The minimum absolute atomic E-state index is 0.00425. The second kappa shape index (κ2) is 9.57. The van der Waals surface area contributed by atoms with Gasteiger partial charge in [0.05, 0.1) is 0 Å².